The number of allylic oxidation sites excluding steroid dienone is 5. The molecule has 0 aromatic rings. The summed E-state index contributed by atoms with van der Waals surface area (Å²) in [6.45, 7) is 5.69. The maximum atomic E-state index is 10.9. The van der Waals surface area contributed by atoms with Crippen LogP contribution in [0.25, 0.3) is 0 Å². The Morgan fingerprint density at radius 3 is 2.43 bits per heavy atom. The molecular weight excluding hydrogens is 176 g/mol. The average molecular weight is 190 g/mol. The number of hydrogen-bond acceptors (Lipinski definition) is 1. The van der Waals surface area contributed by atoms with Gasteiger partial charge in [0.1, 0.15) is 0 Å². The molecule has 0 unspecified atom stereocenters. The van der Waals surface area contributed by atoms with Gasteiger partial charge in [-0.3, -0.25) is 4.79 Å². The van der Waals surface area contributed by atoms with Crippen molar-refractivity contribution in [1.29, 1.82) is 0 Å². The number of carboxylic acids is 1. The first-order chi connectivity index (χ1) is 6.63. The van der Waals surface area contributed by atoms with Crippen LogP contribution in [0.4, 0.5) is 0 Å². The molecule has 0 aliphatic heterocycles. The zero-order valence-electron chi connectivity index (χ0n) is 8.29. The van der Waals surface area contributed by atoms with Crippen molar-refractivity contribution in [3.63, 3.8) is 0 Å². The molecule has 2 fully saturated rings. The predicted molar refractivity (Wildman–Crippen MR) is 54.8 cm³/mol. The molecule has 2 saturated carbocycles. The SMILES string of the molecule is C=C/C(=C\C=C/C)C12CC1(C(=O)O)C2. The Morgan fingerprint density at radius 1 is 1.43 bits per heavy atom. The van der Waals surface area contributed by atoms with Crippen LogP contribution in [-0.4, -0.2) is 11.1 Å². The highest BCUT2D eigenvalue weighted by molar-refractivity contribution is 5.88. The second-order valence-electron chi connectivity index (χ2n) is 4.17. The Morgan fingerprint density at radius 2 is 2.07 bits per heavy atom. The van der Waals surface area contributed by atoms with Crippen LogP contribution in [0.15, 0.2) is 36.5 Å². The van der Waals surface area contributed by atoms with E-state index in [4.69, 9.17) is 5.11 Å². The van der Waals surface area contributed by atoms with Crippen molar-refractivity contribution in [3.05, 3.63) is 36.5 Å². The van der Waals surface area contributed by atoms with Crippen molar-refractivity contribution < 1.29 is 9.90 Å². The highest BCUT2D eigenvalue weighted by Gasteiger charge is 2.88. The summed E-state index contributed by atoms with van der Waals surface area (Å²) >= 11 is 0. The zero-order valence-corrected chi connectivity index (χ0v) is 8.29. The number of aliphatic carboxylic acids is 1. The Bertz CT molecular complexity index is 355. The summed E-state index contributed by atoms with van der Waals surface area (Å²) in [7, 11) is 0. The minimum atomic E-state index is -0.647. The van der Waals surface area contributed by atoms with Crippen LogP contribution in [0, 0.1) is 10.8 Å². The third kappa shape index (κ3) is 0.884. The lowest BCUT2D eigenvalue weighted by atomic mass is 10.0. The van der Waals surface area contributed by atoms with Gasteiger partial charge < -0.3 is 5.11 Å². The summed E-state index contributed by atoms with van der Waals surface area (Å²) in [4.78, 5) is 10.9. The summed E-state index contributed by atoms with van der Waals surface area (Å²) < 4.78 is 0. The fraction of sp³-hybridized carbons (Fsp3) is 0.417. The molecule has 2 aliphatic rings. The Kier molecular flexibility index (Phi) is 1.71. The lowest BCUT2D eigenvalue weighted by Crippen LogP contribution is -2.03. The van der Waals surface area contributed by atoms with Crippen LogP contribution in [0.5, 0.6) is 0 Å². The normalized spacial score (nSPS) is 39.4. The van der Waals surface area contributed by atoms with Gasteiger partial charge in [0, 0.05) is 5.41 Å². The van der Waals surface area contributed by atoms with Crippen molar-refractivity contribution in [2.45, 2.75) is 19.8 Å². The maximum absolute atomic E-state index is 10.9. The molecule has 0 aromatic heterocycles. The first kappa shape index (κ1) is 9.25. The standard InChI is InChI=1S/C12H14O2/c1-3-5-6-9(4-2)11-7-12(11,8-11)10(13)14/h3-6H,2,7-8H2,1H3,(H,13,14)/b5-3-,9-6+. The summed E-state index contributed by atoms with van der Waals surface area (Å²) in [5.74, 6) is -0.647. The van der Waals surface area contributed by atoms with Gasteiger partial charge in [0.2, 0.25) is 0 Å². The molecule has 2 rings (SSSR count). The van der Waals surface area contributed by atoms with Gasteiger partial charge >= 0.3 is 5.97 Å². The number of carboxylic acid groups (broad SMARTS) is 1. The molecule has 0 aromatic carbocycles. The molecule has 0 radical (unpaired) electrons. The maximum Gasteiger partial charge on any atom is 0.310 e. The quantitative estimate of drug-likeness (QED) is 0.692. The van der Waals surface area contributed by atoms with Gasteiger partial charge in [0.25, 0.3) is 0 Å². The van der Waals surface area contributed by atoms with E-state index in [0.717, 1.165) is 18.4 Å². The van der Waals surface area contributed by atoms with Crippen molar-refractivity contribution in [2.75, 3.05) is 0 Å². The molecule has 74 valence electrons. The molecule has 14 heavy (non-hydrogen) atoms. The van der Waals surface area contributed by atoms with E-state index in [1.165, 1.54) is 0 Å². The van der Waals surface area contributed by atoms with Gasteiger partial charge in [0.05, 0.1) is 5.41 Å². The van der Waals surface area contributed by atoms with Crippen LogP contribution in [0.3, 0.4) is 0 Å². The Balaban J connectivity index is 2.20. The number of carbonyl (C=O) groups is 1. The second kappa shape index (κ2) is 2.59. The van der Waals surface area contributed by atoms with Crippen molar-refractivity contribution in [3.8, 4) is 0 Å². The molecule has 2 aliphatic carbocycles. The molecule has 2 heteroatoms. The minimum Gasteiger partial charge on any atom is -0.481 e. The second-order valence-corrected chi connectivity index (χ2v) is 4.17. The lowest BCUT2D eigenvalue weighted by molar-refractivity contribution is -0.140. The number of fused-ring (bicyclic) bond motifs is 1. The molecule has 0 heterocycles. The van der Waals surface area contributed by atoms with Gasteiger partial charge in [-0.05, 0) is 25.3 Å². The van der Waals surface area contributed by atoms with Gasteiger partial charge in [-0.25, -0.2) is 0 Å². The first-order valence-electron chi connectivity index (χ1n) is 4.82. The first-order valence-corrected chi connectivity index (χ1v) is 4.82. The summed E-state index contributed by atoms with van der Waals surface area (Å²) in [5.41, 5.74) is 0.604. The third-order valence-corrected chi connectivity index (χ3v) is 3.52. The van der Waals surface area contributed by atoms with Crippen LogP contribution in [0.1, 0.15) is 19.8 Å². The van der Waals surface area contributed by atoms with E-state index < -0.39 is 11.4 Å². The fourth-order valence-electron chi connectivity index (χ4n) is 2.35. The number of rotatable bonds is 4. The van der Waals surface area contributed by atoms with Crippen molar-refractivity contribution in [1.82, 2.24) is 0 Å². The molecule has 0 bridgehead atoms. The molecule has 0 spiro atoms. The molecule has 0 amide bonds. The topological polar surface area (TPSA) is 37.3 Å². The molecule has 1 N–H and O–H groups in total. The van der Waals surface area contributed by atoms with Crippen molar-refractivity contribution >= 4 is 5.97 Å². The van der Waals surface area contributed by atoms with Crippen LogP contribution >= 0.6 is 0 Å². The minimum absolute atomic E-state index is 0.0555. The van der Waals surface area contributed by atoms with E-state index in [9.17, 15) is 4.79 Å². The van der Waals surface area contributed by atoms with E-state index in [1.54, 1.807) is 6.08 Å². The summed E-state index contributed by atoms with van der Waals surface area (Å²) in [6.07, 6.45) is 9.24. The van der Waals surface area contributed by atoms with E-state index >= 15 is 0 Å². The van der Waals surface area contributed by atoms with Crippen LogP contribution in [0.2, 0.25) is 0 Å². The smallest absolute Gasteiger partial charge is 0.310 e. The van der Waals surface area contributed by atoms with Crippen LogP contribution < -0.4 is 0 Å². The van der Waals surface area contributed by atoms with Crippen LogP contribution in [-0.2, 0) is 4.79 Å². The van der Waals surface area contributed by atoms with Gasteiger partial charge in [-0.2, -0.15) is 0 Å². The highest BCUT2D eigenvalue weighted by Crippen LogP contribution is 2.89. The van der Waals surface area contributed by atoms with Gasteiger partial charge in [0.15, 0.2) is 0 Å². The predicted octanol–water partition coefficient (Wildman–Crippen LogP) is 2.54. The Labute approximate surface area is 83.6 Å². The molecule has 2 nitrogen and oxygen atoms in total. The van der Waals surface area contributed by atoms with Crippen molar-refractivity contribution in [2.24, 2.45) is 10.8 Å². The number of hydrogen-bond donors (Lipinski definition) is 1. The van der Waals surface area contributed by atoms with E-state index in [1.807, 2.05) is 25.2 Å². The van der Waals surface area contributed by atoms with Gasteiger partial charge in [-0.1, -0.05) is 30.9 Å². The lowest BCUT2D eigenvalue weighted by Gasteiger charge is -2.01. The fourth-order valence-corrected chi connectivity index (χ4v) is 2.35. The largest absolute Gasteiger partial charge is 0.481 e. The molecule has 0 saturated heterocycles. The van der Waals surface area contributed by atoms with E-state index in [2.05, 4.69) is 6.58 Å². The van der Waals surface area contributed by atoms with E-state index in [0.29, 0.717) is 0 Å². The Hall–Kier alpha value is -1.31. The third-order valence-electron chi connectivity index (χ3n) is 3.52. The zero-order chi connectivity index (χ0) is 10.4. The highest BCUT2D eigenvalue weighted by atomic mass is 16.4. The molecular formula is C12H14O2. The average Bonchev–Trinajstić information content (AvgIpc) is 2.91. The van der Waals surface area contributed by atoms with E-state index in [-0.39, 0.29) is 5.41 Å². The monoisotopic (exact) mass is 190 g/mol. The summed E-state index contributed by atoms with van der Waals surface area (Å²) in [6, 6.07) is 0. The molecule has 0 atom stereocenters. The van der Waals surface area contributed by atoms with Gasteiger partial charge in [-0.15, -0.1) is 0 Å². The summed E-state index contributed by atoms with van der Waals surface area (Å²) in [5, 5.41) is 9.01.